The Bertz CT molecular complexity index is 507. The van der Waals surface area contributed by atoms with Crippen molar-refractivity contribution in [1.29, 1.82) is 0 Å². The maximum absolute atomic E-state index is 11.6. The van der Waals surface area contributed by atoms with Crippen molar-refractivity contribution in [3.8, 4) is 0 Å². The fourth-order valence-corrected chi connectivity index (χ4v) is 9.65. The molecule has 3 rings (SSSR count). The molecule has 1 heterocycles. The van der Waals surface area contributed by atoms with E-state index in [0.29, 0.717) is 23.1 Å². The molecular formula is C24H48NO3PS+2. The van der Waals surface area contributed by atoms with Crippen molar-refractivity contribution in [2.24, 2.45) is 17.8 Å². The molecular weight excluding hydrogens is 413 g/mol. The molecule has 0 aromatic heterocycles. The second-order valence-corrected chi connectivity index (χ2v) is 13.0. The van der Waals surface area contributed by atoms with Crippen LogP contribution >= 0.6 is 8.81 Å². The number of hydrogen-bond acceptors (Lipinski definition) is 4. The summed E-state index contributed by atoms with van der Waals surface area (Å²) < 4.78 is 17.6. The van der Waals surface area contributed by atoms with Crippen LogP contribution < -0.4 is 5.32 Å². The van der Waals surface area contributed by atoms with Crippen LogP contribution in [-0.4, -0.2) is 51.4 Å². The van der Waals surface area contributed by atoms with Crippen molar-refractivity contribution in [2.45, 2.75) is 114 Å². The summed E-state index contributed by atoms with van der Waals surface area (Å²) >= 11 is -0.539. The molecule has 0 bridgehead atoms. The molecule has 6 heteroatoms. The molecule has 1 aliphatic heterocycles. The third kappa shape index (κ3) is 5.94. The van der Waals surface area contributed by atoms with Gasteiger partial charge in [0.2, 0.25) is 0 Å². The Kier molecular flexibility index (Phi) is 10.3. The molecule has 30 heavy (non-hydrogen) atoms. The maximum Gasteiger partial charge on any atom is 0.159 e. The zero-order valence-corrected chi connectivity index (χ0v) is 21.6. The lowest BCUT2D eigenvalue weighted by Gasteiger charge is -2.44. The van der Waals surface area contributed by atoms with Gasteiger partial charge in [-0.1, -0.05) is 46.0 Å². The number of nitrogens with one attached hydrogen (secondary N) is 1. The Balaban J connectivity index is 1.89. The molecule has 4 nitrogen and oxygen atoms in total. The molecule has 0 radical (unpaired) electrons. The van der Waals surface area contributed by atoms with Gasteiger partial charge in [0.05, 0.1) is 17.8 Å². The van der Waals surface area contributed by atoms with Crippen LogP contribution in [0.5, 0.6) is 0 Å². The molecule has 8 unspecified atom stereocenters. The molecule has 176 valence electrons. The lowest BCUT2D eigenvalue weighted by atomic mass is 9.69. The first-order chi connectivity index (χ1) is 14.6. The molecule has 3 fully saturated rings. The Morgan fingerprint density at radius 3 is 2.57 bits per heavy atom. The van der Waals surface area contributed by atoms with Crippen LogP contribution in [0.4, 0.5) is 0 Å². The maximum atomic E-state index is 11.6. The summed E-state index contributed by atoms with van der Waals surface area (Å²) in [5.41, 5.74) is 0.0979. The van der Waals surface area contributed by atoms with E-state index in [1.165, 1.54) is 51.4 Å². The predicted molar refractivity (Wildman–Crippen MR) is 133 cm³/mol. The Hall–Kier alpha value is 0.620. The van der Waals surface area contributed by atoms with E-state index in [-0.39, 0.29) is 11.6 Å². The van der Waals surface area contributed by atoms with E-state index in [4.69, 9.17) is 4.74 Å². The van der Waals surface area contributed by atoms with Crippen molar-refractivity contribution in [3.63, 3.8) is 0 Å². The van der Waals surface area contributed by atoms with Gasteiger partial charge < -0.3 is 10.1 Å². The van der Waals surface area contributed by atoms with Crippen LogP contribution in [0.1, 0.15) is 90.9 Å². The van der Waals surface area contributed by atoms with Gasteiger partial charge >= 0.3 is 0 Å². The molecule has 0 spiro atoms. The molecule has 1 saturated heterocycles. The summed E-state index contributed by atoms with van der Waals surface area (Å²) in [6.07, 6.45) is 16.0. The Morgan fingerprint density at radius 1 is 1.17 bits per heavy atom. The standard InChI is InChI=1S/C24H47NO3PS/c1-4-6-13-24(5-2)17-30(27)22-15-19(12-14-29-26)21(28-3)16-20(22)23(25-24)18-10-8-7-9-11-18/h18-23,25-27,29H,4-17H2,1-3H3/q+1/p+1. The highest BCUT2D eigenvalue weighted by atomic mass is 32.2. The number of fused-ring (bicyclic) bond motifs is 1. The van der Waals surface area contributed by atoms with Gasteiger partial charge in [0.1, 0.15) is 20.0 Å². The van der Waals surface area contributed by atoms with Gasteiger partial charge in [-0.05, 0) is 50.4 Å². The van der Waals surface area contributed by atoms with Crippen LogP contribution in [0, 0.1) is 17.8 Å². The first-order valence-electron chi connectivity index (χ1n) is 12.7. The van der Waals surface area contributed by atoms with Crippen LogP contribution in [0.15, 0.2) is 0 Å². The Labute approximate surface area is 190 Å². The molecule has 0 aromatic carbocycles. The highest BCUT2D eigenvalue weighted by Crippen LogP contribution is 2.46. The van der Waals surface area contributed by atoms with E-state index in [1.807, 2.05) is 7.11 Å². The Morgan fingerprint density at radius 2 is 1.93 bits per heavy atom. The first kappa shape index (κ1) is 25.2. The van der Waals surface area contributed by atoms with Crippen molar-refractivity contribution in [2.75, 3.05) is 19.0 Å². The van der Waals surface area contributed by atoms with E-state index < -0.39 is 20.0 Å². The van der Waals surface area contributed by atoms with E-state index in [0.717, 1.165) is 43.5 Å². The number of hydrogen-bond donors (Lipinski definition) is 3. The molecule has 3 N–H and O–H groups in total. The van der Waals surface area contributed by atoms with Gasteiger partial charge in [-0.25, -0.2) is 0 Å². The average Bonchev–Trinajstić information content (AvgIpc) is 2.90. The quantitative estimate of drug-likeness (QED) is 0.331. The van der Waals surface area contributed by atoms with Crippen LogP contribution in [0.25, 0.3) is 0 Å². The minimum absolute atomic E-state index is 0.0979. The predicted octanol–water partition coefficient (Wildman–Crippen LogP) is 5.09. The fourth-order valence-electron chi connectivity index (χ4n) is 6.70. The smallest absolute Gasteiger partial charge is 0.159 e. The summed E-state index contributed by atoms with van der Waals surface area (Å²) in [5.74, 6) is 2.71. The van der Waals surface area contributed by atoms with Crippen molar-refractivity contribution < 1.29 is 14.2 Å². The van der Waals surface area contributed by atoms with Crippen LogP contribution in [0.2, 0.25) is 0 Å². The monoisotopic (exact) mass is 461 g/mol. The zero-order chi connectivity index (χ0) is 21.6. The number of unbranched alkanes of at least 4 members (excludes halogenated alkanes) is 1. The number of ether oxygens (including phenoxy) is 1. The van der Waals surface area contributed by atoms with E-state index in [1.54, 1.807) is 0 Å². The third-order valence-corrected chi connectivity index (χ3v) is 11.2. The molecule has 8 atom stereocenters. The second kappa shape index (κ2) is 12.2. The van der Waals surface area contributed by atoms with Crippen LogP contribution in [-0.2, 0) is 15.9 Å². The summed E-state index contributed by atoms with van der Waals surface area (Å²) in [6, 6.07) is 0.527. The highest BCUT2D eigenvalue weighted by Gasteiger charge is 2.56. The minimum atomic E-state index is -0.539. The minimum Gasteiger partial charge on any atom is -0.381 e. The average molecular weight is 462 g/mol. The lowest BCUT2D eigenvalue weighted by molar-refractivity contribution is -0.00990. The van der Waals surface area contributed by atoms with Gasteiger partial charge in [-0.15, -0.1) is 0 Å². The first-order valence-corrected chi connectivity index (χ1v) is 15.5. The van der Waals surface area contributed by atoms with Crippen LogP contribution in [0.3, 0.4) is 0 Å². The van der Waals surface area contributed by atoms with Gasteiger partial charge in [0, 0.05) is 25.5 Å². The van der Waals surface area contributed by atoms with Gasteiger partial charge in [0.15, 0.2) is 11.0 Å². The molecule has 2 aliphatic carbocycles. The third-order valence-electron chi connectivity index (χ3n) is 8.56. The van der Waals surface area contributed by atoms with Crippen molar-refractivity contribution >= 4 is 20.0 Å². The SMILES string of the molecule is CCCCC1(CC)C[S+](O)C2CC(CC[PH2+]O)C(OC)CC2C(C2CCCCC2)N1. The normalized spacial score (nSPS) is 41.1. The summed E-state index contributed by atoms with van der Waals surface area (Å²) in [7, 11) is 1.44. The number of methoxy groups -OCH3 is 1. The van der Waals surface area contributed by atoms with Crippen molar-refractivity contribution in [1.82, 2.24) is 5.32 Å². The fraction of sp³-hybridized carbons (Fsp3) is 1.00. The van der Waals surface area contributed by atoms with Crippen molar-refractivity contribution in [3.05, 3.63) is 0 Å². The molecule has 3 aliphatic rings. The summed E-state index contributed by atoms with van der Waals surface area (Å²) in [4.78, 5) is 9.47. The van der Waals surface area contributed by atoms with E-state index in [2.05, 4.69) is 19.2 Å². The summed E-state index contributed by atoms with van der Waals surface area (Å²) in [6.45, 7) is 4.62. The van der Waals surface area contributed by atoms with E-state index >= 15 is 0 Å². The van der Waals surface area contributed by atoms with Gasteiger partial charge in [-0.2, -0.15) is 4.55 Å². The molecule has 2 saturated carbocycles. The summed E-state index contributed by atoms with van der Waals surface area (Å²) in [5, 5.41) is 4.68. The lowest BCUT2D eigenvalue weighted by Crippen LogP contribution is -2.57. The second-order valence-electron chi connectivity index (χ2n) is 10.3. The zero-order valence-electron chi connectivity index (χ0n) is 19.7. The highest BCUT2D eigenvalue weighted by molar-refractivity contribution is 7.92. The van der Waals surface area contributed by atoms with Gasteiger partial charge in [0.25, 0.3) is 0 Å². The molecule has 0 amide bonds. The van der Waals surface area contributed by atoms with E-state index in [9.17, 15) is 9.45 Å². The molecule has 0 aromatic rings. The van der Waals surface area contributed by atoms with Gasteiger partial charge in [-0.3, -0.25) is 4.89 Å². The topological polar surface area (TPSA) is 61.7 Å². The largest absolute Gasteiger partial charge is 0.381 e. The number of rotatable bonds is 9.